The highest BCUT2D eigenvalue weighted by Crippen LogP contribution is 2.18. The van der Waals surface area contributed by atoms with Crippen molar-refractivity contribution in [3.8, 4) is 0 Å². The number of nitrogens with zero attached hydrogens (tertiary/aromatic N) is 1. The SMILES string of the molecule is CC(C)CCC(=O)N1CCC(Br)CC1. The van der Waals surface area contributed by atoms with Gasteiger partial charge < -0.3 is 4.90 Å². The van der Waals surface area contributed by atoms with Gasteiger partial charge in [-0.15, -0.1) is 0 Å². The molecule has 0 N–H and O–H groups in total. The van der Waals surface area contributed by atoms with Gasteiger partial charge in [-0.05, 0) is 25.2 Å². The summed E-state index contributed by atoms with van der Waals surface area (Å²) < 4.78 is 0. The summed E-state index contributed by atoms with van der Waals surface area (Å²) >= 11 is 3.59. The van der Waals surface area contributed by atoms with Crippen molar-refractivity contribution >= 4 is 21.8 Å². The molecule has 2 nitrogen and oxygen atoms in total. The maximum Gasteiger partial charge on any atom is 0.222 e. The molecule has 0 aliphatic carbocycles. The van der Waals surface area contributed by atoms with Crippen LogP contribution < -0.4 is 0 Å². The van der Waals surface area contributed by atoms with Crippen LogP contribution in [0.1, 0.15) is 39.5 Å². The first-order valence-electron chi connectivity index (χ1n) is 5.51. The molecule has 0 bridgehead atoms. The average Bonchev–Trinajstić information content (AvgIpc) is 2.15. The molecule has 1 heterocycles. The van der Waals surface area contributed by atoms with Crippen LogP contribution in [0, 0.1) is 5.92 Å². The van der Waals surface area contributed by atoms with Gasteiger partial charge in [-0.3, -0.25) is 4.79 Å². The molecule has 0 atom stereocenters. The highest BCUT2D eigenvalue weighted by Gasteiger charge is 2.20. The molecule has 0 aromatic carbocycles. The van der Waals surface area contributed by atoms with E-state index in [0.29, 0.717) is 16.7 Å². The summed E-state index contributed by atoms with van der Waals surface area (Å²) in [5.41, 5.74) is 0. The number of rotatable bonds is 3. The highest BCUT2D eigenvalue weighted by atomic mass is 79.9. The van der Waals surface area contributed by atoms with Crippen LogP contribution in [-0.2, 0) is 4.79 Å². The van der Waals surface area contributed by atoms with Crippen molar-refractivity contribution < 1.29 is 4.79 Å². The summed E-state index contributed by atoms with van der Waals surface area (Å²) in [7, 11) is 0. The van der Waals surface area contributed by atoms with Gasteiger partial charge in [0.25, 0.3) is 0 Å². The average molecular weight is 262 g/mol. The first-order chi connectivity index (χ1) is 6.59. The molecule has 0 radical (unpaired) electrons. The standard InChI is InChI=1S/C11H20BrNO/c1-9(2)3-4-11(14)13-7-5-10(12)6-8-13/h9-10H,3-8H2,1-2H3. The minimum absolute atomic E-state index is 0.345. The zero-order valence-electron chi connectivity index (χ0n) is 9.13. The Bertz CT molecular complexity index is 186. The van der Waals surface area contributed by atoms with Gasteiger partial charge >= 0.3 is 0 Å². The van der Waals surface area contributed by atoms with Gasteiger partial charge in [-0.1, -0.05) is 29.8 Å². The van der Waals surface area contributed by atoms with Gasteiger partial charge in [0.05, 0.1) is 0 Å². The second kappa shape index (κ2) is 5.74. The lowest BCUT2D eigenvalue weighted by Gasteiger charge is -2.29. The first-order valence-corrected chi connectivity index (χ1v) is 6.43. The number of carbonyl (C=O) groups is 1. The zero-order valence-corrected chi connectivity index (χ0v) is 10.7. The van der Waals surface area contributed by atoms with Gasteiger partial charge in [-0.25, -0.2) is 0 Å². The van der Waals surface area contributed by atoms with E-state index in [9.17, 15) is 4.79 Å². The van der Waals surface area contributed by atoms with E-state index in [1.165, 1.54) is 0 Å². The highest BCUT2D eigenvalue weighted by molar-refractivity contribution is 9.09. The first kappa shape index (κ1) is 12.0. The van der Waals surface area contributed by atoms with Crippen molar-refractivity contribution in [2.75, 3.05) is 13.1 Å². The predicted octanol–water partition coefficient (Wildman–Crippen LogP) is 2.81. The third-order valence-corrected chi connectivity index (χ3v) is 3.63. The Balaban J connectivity index is 2.24. The summed E-state index contributed by atoms with van der Waals surface area (Å²) in [6.07, 6.45) is 3.96. The minimum atomic E-state index is 0.345. The van der Waals surface area contributed by atoms with Crippen LogP contribution in [0.4, 0.5) is 0 Å². The van der Waals surface area contributed by atoms with E-state index >= 15 is 0 Å². The maximum atomic E-state index is 11.7. The van der Waals surface area contributed by atoms with Crippen LogP contribution in [0.3, 0.4) is 0 Å². The van der Waals surface area contributed by atoms with Gasteiger partial charge in [-0.2, -0.15) is 0 Å². The van der Waals surface area contributed by atoms with E-state index in [2.05, 4.69) is 29.8 Å². The summed E-state index contributed by atoms with van der Waals surface area (Å²) in [6.45, 7) is 6.20. The van der Waals surface area contributed by atoms with Crippen molar-refractivity contribution in [2.45, 2.75) is 44.4 Å². The van der Waals surface area contributed by atoms with Crippen LogP contribution in [0.25, 0.3) is 0 Å². The number of likely N-dealkylation sites (tertiary alicyclic amines) is 1. The summed E-state index contributed by atoms with van der Waals surface area (Å²) in [5, 5.41) is 0. The lowest BCUT2D eigenvalue weighted by molar-refractivity contribution is -0.132. The third kappa shape index (κ3) is 3.99. The Hall–Kier alpha value is -0.0500. The van der Waals surface area contributed by atoms with Crippen molar-refractivity contribution in [3.05, 3.63) is 0 Å². The Morgan fingerprint density at radius 3 is 2.50 bits per heavy atom. The van der Waals surface area contributed by atoms with Gasteiger partial charge in [0.1, 0.15) is 0 Å². The van der Waals surface area contributed by atoms with Gasteiger partial charge in [0, 0.05) is 24.3 Å². The van der Waals surface area contributed by atoms with E-state index in [-0.39, 0.29) is 0 Å². The molecule has 0 saturated carbocycles. The number of halogens is 1. The fraction of sp³-hybridized carbons (Fsp3) is 0.909. The van der Waals surface area contributed by atoms with E-state index in [1.54, 1.807) is 0 Å². The molecule has 1 aliphatic rings. The van der Waals surface area contributed by atoms with E-state index in [0.717, 1.165) is 38.8 Å². The number of hydrogen-bond donors (Lipinski definition) is 0. The van der Waals surface area contributed by atoms with Crippen molar-refractivity contribution in [3.63, 3.8) is 0 Å². The second-order valence-corrected chi connectivity index (χ2v) is 5.78. The third-order valence-electron chi connectivity index (χ3n) is 2.71. The zero-order chi connectivity index (χ0) is 10.6. The Morgan fingerprint density at radius 2 is 2.00 bits per heavy atom. The minimum Gasteiger partial charge on any atom is -0.343 e. The van der Waals surface area contributed by atoms with Crippen molar-refractivity contribution in [1.82, 2.24) is 4.90 Å². The van der Waals surface area contributed by atoms with E-state index in [1.807, 2.05) is 4.90 Å². The monoisotopic (exact) mass is 261 g/mol. The molecule has 1 amide bonds. The quantitative estimate of drug-likeness (QED) is 0.716. The molecule has 82 valence electrons. The van der Waals surface area contributed by atoms with Gasteiger partial charge in [0.15, 0.2) is 0 Å². The fourth-order valence-electron chi connectivity index (χ4n) is 1.67. The Kier molecular flexibility index (Phi) is 4.93. The normalized spacial score (nSPS) is 19.0. The lowest BCUT2D eigenvalue weighted by atomic mass is 10.1. The Morgan fingerprint density at radius 1 is 1.43 bits per heavy atom. The molecule has 0 spiro atoms. The molecule has 0 aromatic rings. The molecule has 0 aromatic heterocycles. The molecule has 0 unspecified atom stereocenters. The van der Waals surface area contributed by atoms with Crippen LogP contribution in [0.5, 0.6) is 0 Å². The molecule has 1 fully saturated rings. The molecule has 1 saturated heterocycles. The number of alkyl halides is 1. The Labute approximate surface area is 95.2 Å². The van der Waals surface area contributed by atoms with Crippen LogP contribution in [-0.4, -0.2) is 28.7 Å². The lowest BCUT2D eigenvalue weighted by Crippen LogP contribution is -2.38. The number of carbonyl (C=O) groups excluding carboxylic acids is 1. The summed E-state index contributed by atoms with van der Waals surface area (Å²) in [4.78, 5) is 14.4. The van der Waals surface area contributed by atoms with E-state index < -0.39 is 0 Å². The fourth-order valence-corrected chi connectivity index (χ4v) is 2.08. The number of amides is 1. The maximum absolute atomic E-state index is 11.7. The van der Waals surface area contributed by atoms with Crippen LogP contribution in [0.15, 0.2) is 0 Å². The molecule has 14 heavy (non-hydrogen) atoms. The molecular weight excluding hydrogens is 242 g/mol. The number of piperidine rings is 1. The van der Waals surface area contributed by atoms with Crippen LogP contribution in [0.2, 0.25) is 0 Å². The second-order valence-electron chi connectivity index (χ2n) is 4.49. The summed E-state index contributed by atoms with van der Waals surface area (Å²) in [5.74, 6) is 0.978. The van der Waals surface area contributed by atoms with Crippen molar-refractivity contribution in [1.29, 1.82) is 0 Å². The molecule has 1 aliphatic heterocycles. The molecular formula is C11H20BrNO. The number of hydrogen-bond acceptors (Lipinski definition) is 1. The topological polar surface area (TPSA) is 20.3 Å². The van der Waals surface area contributed by atoms with E-state index in [4.69, 9.17) is 0 Å². The largest absolute Gasteiger partial charge is 0.343 e. The van der Waals surface area contributed by atoms with Crippen molar-refractivity contribution in [2.24, 2.45) is 5.92 Å². The molecule has 3 heteroatoms. The summed E-state index contributed by atoms with van der Waals surface area (Å²) in [6, 6.07) is 0. The smallest absolute Gasteiger partial charge is 0.222 e. The predicted molar refractivity (Wildman–Crippen MR) is 62.6 cm³/mol. The van der Waals surface area contributed by atoms with Gasteiger partial charge in [0.2, 0.25) is 5.91 Å². The van der Waals surface area contributed by atoms with Crippen LogP contribution >= 0.6 is 15.9 Å². The molecule has 1 rings (SSSR count).